The zero-order valence-electron chi connectivity index (χ0n) is 19.4. The van der Waals surface area contributed by atoms with Gasteiger partial charge in [0.25, 0.3) is 0 Å². The third-order valence-electron chi connectivity index (χ3n) is 7.70. The van der Waals surface area contributed by atoms with Crippen molar-refractivity contribution in [3.05, 3.63) is 47.3 Å². The summed E-state index contributed by atoms with van der Waals surface area (Å²) in [6.45, 7) is 0.327. The molecule has 1 aromatic carbocycles. The highest BCUT2D eigenvalue weighted by atomic mass is 16.5. The van der Waals surface area contributed by atoms with E-state index in [0.29, 0.717) is 23.3 Å². The summed E-state index contributed by atoms with van der Waals surface area (Å²) in [5, 5.41) is 21.9. The number of aromatic nitrogens is 1. The van der Waals surface area contributed by atoms with Crippen LogP contribution in [0.2, 0.25) is 0 Å². The fourth-order valence-corrected chi connectivity index (χ4v) is 6.12. The highest BCUT2D eigenvalue weighted by Crippen LogP contribution is 2.51. The molecule has 1 aromatic heterocycles. The molecule has 1 amide bonds. The van der Waals surface area contributed by atoms with Crippen molar-refractivity contribution in [3.8, 4) is 16.9 Å². The van der Waals surface area contributed by atoms with E-state index in [1.54, 1.807) is 25.6 Å². The molecule has 0 saturated heterocycles. The van der Waals surface area contributed by atoms with Gasteiger partial charge in [0.15, 0.2) is 34.7 Å². The maximum absolute atomic E-state index is 13.6. The second-order valence-corrected chi connectivity index (χ2v) is 9.74. The van der Waals surface area contributed by atoms with Gasteiger partial charge in [-0.3, -0.25) is 29.0 Å². The summed E-state index contributed by atoms with van der Waals surface area (Å²) in [5.41, 5.74) is 5.17. The van der Waals surface area contributed by atoms with Gasteiger partial charge in [-0.25, -0.2) is 0 Å². The molecule has 10 nitrogen and oxygen atoms in total. The first kappa shape index (κ1) is 24.0. The monoisotopic (exact) mass is 492 g/mol. The van der Waals surface area contributed by atoms with Gasteiger partial charge in [-0.15, -0.1) is 0 Å². The molecule has 36 heavy (non-hydrogen) atoms. The Bertz CT molecular complexity index is 1350. The van der Waals surface area contributed by atoms with E-state index in [4.69, 9.17) is 10.5 Å². The second-order valence-electron chi connectivity index (χ2n) is 9.74. The number of rotatable bonds is 4. The molecule has 5 rings (SSSR count). The first-order valence-corrected chi connectivity index (χ1v) is 11.5. The Morgan fingerprint density at radius 1 is 1.17 bits per heavy atom. The molecule has 2 aromatic rings. The van der Waals surface area contributed by atoms with Crippen LogP contribution in [0.3, 0.4) is 0 Å². The number of methoxy groups -OCH3 is 1. The highest BCUT2D eigenvalue weighted by Gasteiger charge is 2.66. The zero-order chi connectivity index (χ0) is 25.9. The van der Waals surface area contributed by atoms with Crippen LogP contribution in [0.15, 0.2) is 30.6 Å². The maximum atomic E-state index is 13.6. The molecule has 5 atom stereocenters. The number of carbonyl (C=O) groups excluding carboxylic acids is 5. The largest absolute Gasteiger partial charge is 0.507 e. The van der Waals surface area contributed by atoms with Crippen molar-refractivity contribution in [1.29, 1.82) is 0 Å². The Morgan fingerprint density at radius 2 is 1.92 bits per heavy atom. The molecule has 4 N–H and O–H groups in total. The third kappa shape index (κ3) is 3.32. The van der Waals surface area contributed by atoms with Crippen LogP contribution in [-0.2, 0) is 36.9 Å². The van der Waals surface area contributed by atoms with Crippen LogP contribution in [0.25, 0.3) is 11.1 Å². The predicted octanol–water partition coefficient (Wildman–Crippen LogP) is 0.535. The molecule has 0 aliphatic heterocycles. The molecule has 3 aliphatic carbocycles. The molecule has 0 bridgehead atoms. The zero-order valence-corrected chi connectivity index (χ0v) is 19.4. The predicted molar refractivity (Wildman–Crippen MR) is 122 cm³/mol. The number of amides is 1. The minimum atomic E-state index is -2.66. The van der Waals surface area contributed by atoms with Crippen LogP contribution >= 0.6 is 0 Å². The lowest BCUT2D eigenvalue weighted by Crippen LogP contribution is -2.68. The van der Waals surface area contributed by atoms with E-state index in [-0.39, 0.29) is 30.6 Å². The summed E-state index contributed by atoms with van der Waals surface area (Å²) in [5.74, 6) is -10.3. The number of nitrogens with zero attached hydrogens (tertiary/aromatic N) is 1. The fourth-order valence-electron chi connectivity index (χ4n) is 6.12. The lowest BCUT2D eigenvalue weighted by atomic mass is 9.53. The Morgan fingerprint density at radius 3 is 2.61 bits per heavy atom. The van der Waals surface area contributed by atoms with E-state index in [9.17, 15) is 34.2 Å². The van der Waals surface area contributed by atoms with Gasteiger partial charge in [0.1, 0.15) is 5.75 Å². The van der Waals surface area contributed by atoms with Crippen molar-refractivity contribution >= 4 is 29.0 Å². The molecular weight excluding hydrogens is 468 g/mol. The molecule has 0 spiro atoms. The number of hydrogen-bond donors (Lipinski definition) is 3. The molecule has 3 aliphatic rings. The van der Waals surface area contributed by atoms with Crippen molar-refractivity contribution in [2.24, 2.45) is 29.4 Å². The number of carbonyl (C=O) groups is 5. The van der Waals surface area contributed by atoms with Crippen molar-refractivity contribution in [1.82, 2.24) is 4.98 Å². The van der Waals surface area contributed by atoms with Crippen LogP contribution in [0, 0.1) is 23.7 Å². The number of phenols is 1. The number of aliphatic hydroxyl groups is 1. The van der Waals surface area contributed by atoms with Gasteiger partial charge in [-0.1, -0.05) is 6.07 Å². The van der Waals surface area contributed by atoms with E-state index < -0.39 is 58.3 Å². The van der Waals surface area contributed by atoms with Crippen molar-refractivity contribution in [2.75, 3.05) is 7.11 Å². The normalized spacial score (nSPS) is 29.4. The third-order valence-corrected chi connectivity index (χ3v) is 7.70. The quantitative estimate of drug-likeness (QED) is 0.514. The van der Waals surface area contributed by atoms with Crippen LogP contribution in [-0.4, -0.2) is 56.9 Å². The number of hydrogen-bond acceptors (Lipinski definition) is 9. The van der Waals surface area contributed by atoms with Crippen LogP contribution in [0.5, 0.6) is 5.75 Å². The Hall–Kier alpha value is -3.76. The van der Waals surface area contributed by atoms with Crippen LogP contribution < -0.4 is 5.73 Å². The molecule has 2 saturated carbocycles. The van der Waals surface area contributed by atoms with E-state index >= 15 is 0 Å². The van der Waals surface area contributed by atoms with E-state index in [0.717, 1.165) is 5.56 Å². The average molecular weight is 492 g/mol. The first-order chi connectivity index (χ1) is 17.1. The van der Waals surface area contributed by atoms with Gasteiger partial charge in [-0.05, 0) is 47.6 Å². The van der Waals surface area contributed by atoms with Gasteiger partial charge in [0.2, 0.25) is 5.91 Å². The summed E-state index contributed by atoms with van der Waals surface area (Å²) in [6.07, 6.45) is 3.14. The molecule has 186 valence electrons. The van der Waals surface area contributed by atoms with Crippen molar-refractivity contribution in [2.45, 2.75) is 31.5 Å². The number of nitrogens with two attached hydrogens (primary N) is 1. The number of Topliss-reactive ketones (excluding diaryl/α,β-unsaturated/α-hetero) is 4. The second kappa shape index (κ2) is 8.42. The number of primary amides is 1. The number of ketones is 4. The van der Waals surface area contributed by atoms with Crippen LogP contribution in [0.1, 0.15) is 34.3 Å². The number of phenolic OH excluding ortho intramolecular Hbond substituents is 1. The summed E-state index contributed by atoms with van der Waals surface area (Å²) in [7, 11) is 1.56. The van der Waals surface area contributed by atoms with Gasteiger partial charge >= 0.3 is 0 Å². The van der Waals surface area contributed by atoms with E-state index in [1.807, 2.05) is 6.07 Å². The fraction of sp³-hybridized carbons (Fsp3) is 0.385. The highest BCUT2D eigenvalue weighted by molar-refractivity contribution is 6.31. The van der Waals surface area contributed by atoms with Crippen molar-refractivity contribution < 1.29 is 38.9 Å². The van der Waals surface area contributed by atoms with E-state index in [1.165, 1.54) is 6.07 Å². The Balaban J connectivity index is 1.60. The molecule has 2 fully saturated rings. The maximum Gasteiger partial charge on any atom is 0.235 e. The number of pyridine rings is 1. The Labute approximate surface area is 205 Å². The van der Waals surface area contributed by atoms with Crippen LogP contribution in [0.4, 0.5) is 0 Å². The van der Waals surface area contributed by atoms with Gasteiger partial charge in [-0.2, -0.15) is 0 Å². The molecule has 10 heteroatoms. The molecule has 2 unspecified atom stereocenters. The number of aromatic hydroxyl groups is 1. The lowest BCUT2D eigenvalue weighted by molar-refractivity contribution is -0.175. The van der Waals surface area contributed by atoms with Crippen molar-refractivity contribution in [3.63, 3.8) is 0 Å². The lowest BCUT2D eigenvalue weighted by Gasteiger charge is -2.48. The summed E-state index contributed by atoms with van der Waals surface area (Å²) < 4.78 is 5.17. The van der Waals surface area contributed by atoms with Gasteiger partial charge in [0.05, 0.1) is 18.1 Å². The summed E-state index contributed by atoms with van der Waals surface area (Å²) in [6, 6.07) is 4.88. The smallest absolute Gasteiger partial charge is 0.235 e. The summed E-state index contributed by atoms with van der Waals surface area (Å²) in [4.78, 5) is 68.6. The summed E-state index contributed by atoms with van der Waals surface area (Å²) >= 11 is 0. The first-order valence-electron chi connectivity index (χ1n) is 11.5. The van der Waals surface area contributed by atoms with Gasteiger partial charge in [0, 0.05) is 37.4 Å². The average Bonchev–Trinajstić information content (AvgIpc) is 2.81. The SMILES string of the molecule is COCc1cncc(-c2ccc(O)c3c2C[C@H]2C[C@H]4CC(=O)C(C(N)=O)C(=O)[C@@]4(O)C(=O)C2C3=O)c1. The number of benzene rings is 1. The molecule has 0 radical (unpaired) electrons. The topological polar surface area (TPSA) is 174 Å². The minimum Gasteiger partial charge on any atom is -0.507 e. The minimum absolute atomic E-state index is 0.0398. The molecular formula is C26H24N2O8. The van der Waals surface area contributed by atoms with Gasteiger partial charge < -0.3 is 20.7 Å². The Kier molecular flexibility index (Phi) is 5.60. The van der Waals surface area contributed by atoms with E-state index in [2.05, 4.69) is 4.98 Å². The standard InChI is InChI=1S/C26H24N2O8/c1-36-10-11-4-13(9-28-8-11)15-2-3-17(29)20-16(15)6-12-5-14-7-18(30)21(25(27)34)24(33)26(14,35)23(32)19(12)22(20)31/h2-4,8-9,12,14,19,21,29,35H,5-7,10H2,1H3,(H2,27,34)/t12-,14+,19?,21?,26+/m1/s1. The number of fused-ring (bicyclic) bond motifs is 3. The number of ether oxygens (including phenoxy) is 1. The molecule has 1 heterocycles.